The van der Waals surface area contributed by atoms with Gasteiger partial charge in [-0.15, -0.1) is 0 Å². The first-order valence-electron chi connectivity index (χ1n) is 7.40. The van der Waals surface area contributed by atoms with Crippen LogP contribution in [-0.4, -0.2) is 40.7 Å². The summed E-state index contributed by atoms with van der Waals surface area (Å²) in [6.07, 6.45) is 0.821. The SMILES string of the molecule is CCCN(CCO)C(=O)NCc1cc(=O)[nH]c2ccccc12. The van der Waals surface area contributed by atoms with Gasteiger partial charge >= 0.3 is 6.03 Å². The normalized spacial score (nSPS) is 10.6. The highest BCUT2D eigenvalue weighted by atomic mass is 16.3. The van der Waals surface area contributed by atoms with E-state index in [-0.39, 0.29) is 24.7 Å². The second kappa shape index (κ2) is 7.61. The van der Waals surface area contributed by atoms with Crippen molar-refractivity contribution in [2.75, 3.05) is 19.7 Å². The number of benzene rings is 1. The summed E-state index contributed by atoms with van der Waals surface area (Å²) in [5, 5.41) is 12.7. The first-order chi connectivity index (χ1) is 10.7. The number of amides is 2. The summed E-state index contributed by atoms with van der Waals surface area (Å²) < 4.78 is 0. The van der Waals surface area contributed by atoms with Gasteiger partial charge in [0.1, 0.15) is 0 Å². The quantitative estimate of drug-likeness (QED) is 0.755. The molecule has 22 heavy (non-hydrogen) atoms. The third kappa shape index (κ3) is 3.85. The average molecular weight is 303 g/mol. The molecule has 0 fully saturated rings. The summed E-state index contributed by atoms with van der Waals surface area (Å²) in [6, 6.07) is 8.74. The molecule has 0 radical (unpaired) electrons. The third-order valence-corrected chi connectivity index (χ3v) is 3.42. The highest BCUT2D eigenvalue weighted by molar-refractivity contribution is 5.82. The molecule has 0 aliphatic heterocycles. The second-order valence-corrected chi connectivity index (χ2v) is 5.07. The highest BCUT2D eigenvalue weighted by Crippen LogP contribution is 2.14. The molecule has 0 aliphatic carbocycles. The van der Waals surface area contributed by atoms with E-state index >= 15 is 0 Å². The maximum absolute atomic E-state index is 12.1. The summed E-state index contributed by atoms with van der Waals surface area (Å²) in [6.45, 7) is 3.07. The van der Waals surface area contributed by atoms with Gasteiger partial charge < -0.3 is 20.3 Å². The molecule has 0 saturated heterocycles. The number of H-pyrrole nitrogens is 1. The monoisotopic (exact) mass is 303 g/mol. The highest BCUT2D eigenvalue weighted by Gasteiger charge is 2.12. The zero-order valence-electron chi connectivity index (χ0n) is 12.6. The molecule has 1 heterocycles. The molecular weight excluding hydrogens is 282 g/mol. The summed E-state index contributed by atoms with van der Waals surface area (Å²) in [4.78, 5) is 28.1. The van der Waals surface area contributed by atoms with E-state index in [0.717, 1.165) is 22.9 Å². The Morgan fingerprint density at radius 1 is 1.32 bits per heavy atom. The fourth-order valence-corrected chi connectivity index (χ4v) is 2.41. The number of nitrogens with zero attached hydrogens (tertiary/aromatic N) is 1. The molecule has 3 N–H and O–H groups in total. The van der Waals surface area contributed by atoms with Crippen LogP contribution in [0, 0.1) is 0 Å². The van der Waals surface area contributed by atoms with Crippen LogP contribution >= 0.6 is 0 Å². The van der Waals surface area contributed by atoms with Crippen molar-refractivity contribution in [1.29, 1.82) is 0 Å². The maximum Gasteiger partial charge on any atom is 0.317 e. The Kier molecular flexibility index (Phi) is 5.55. The van der Waals surface area contributed by atoms with Gasteiger partial charge in [0.2, 0.25) is 5.56 Å². The molecule has 0 atom stereocenters. The number of hydrogen-bond acceptors (Lipinski definition) is 3. The summed E-state index contributed by atoms with van der Waals surface area (Å²) in [5.74, 6) is 0. The van der Waals surface area contributed by atoms with Crippen LogP contribution in [0.3, 0.4) is 0 Å². The van der Waals surface area contributed by atoms with Gasteiger partial charge in [0.15, 0.2) is 0 Å². The van der Waals surface area contributed by atoms with Crippen molar-refractivity contribution in [3.05, 3.63) is 46.2 Å². The molecule has 0 spiro atoms. The predicted octanol–water partition coefficient (Wildman–Crippen LogP) is 1.44. The fraction of sp³-hybridized carbons (Fsp3) is 0.375. The first-order valence-corrected chi connectivity index (χ1v) is 7.40. The molecule has 2 amide bonds. The van der Waals surface area contributed by atoms with Crippen molar-refractivity contribution >= 4 is 16.9 Å². The number of carbonyl (C=O) groups is 1. The smallest absolute Gasteiger partial charge is 0.317 e. The first kappa shape index (κ1) is 16.0. The number of aliphatic hydroxyl groups excluding tert-OH is 1. The number of aliphatic hydroxyl groups is 1. The van der Waals surface area contributed by atoms with E-state index < -0.39 is 0 Å². The van der Waals surface area contributed by atoms with Gasteiger partial charge in [0, 0.05) is 36.6 Å². The summed E-state index contributed by atoms with van der Waals surface area (Å²) in [7, 11) is 0. The van der Waals surface area contributed by atoms with Gasteiger partial charge in [-0.25, -0.2) is 4.79 Å². The Morgan fingerprint density at radius 2 is 2.09 bits per heavy atom. The van der Waals surface area contributed by atoms with Gasteiger partial charge in [0.05, 0.1) is 6.61 Å². The lowest BCUT2D eigenvalue weighted by Crippen LogP contribution is -2.41. The van der Waals surface area contributed by atoms with Crippen LogP contribution in [0.4, 0.5) is 4.79 Å². The summed E-state index contributed by atoms with van der Waals surface area (Å²) in [5.41, 5.74) is 1.33. The largest absolute Gasteiger partial charge is 0.395 e. The molecule has 0 bridgehead atoms. The van der Waals surface area contributed by atoms with Crippen molar-refractivity contribution < 1.29 is 9.90 Å². The Balaban J connectivity index is 2.14. The molecule has 2 aromatic rings. The standard InChI is InChI=1S/C16H21N3O3/c1-2-7-19(8-9-20)16(22)17-11-12-10-15(21)18-14-6-4-3-5-13(12)14/h3-6,10,20H,2,7-9,11H2,1H3,(H,17,22)(H,18,21). The van der Waals surface area contributed by atoms with Crippen molar-refractivity contribution in [1.82, 2.24) is 15.2 Å². The Bertz CT molecular complexity index is 690. The van der Waals surface area contributed by atoms with Gasteiger partial charge in [0.25, 0.3) is 0 Å². The van der Waals surface area contributed by atoms with E-state index in [0.29, 0.717) is 13.1 Å². The Hall–Kier alpha value is -2.34. The van der Waals surface area contributed by atoms with Crippen molar-refractivity contribution in [3.8, 4) is 0 Å². The number of aromatic nitrogens is 1. The number of carbonyl (C=O) groups excluding carboxylic acids is 1. The number of aromatic amines is 1. The number of para-hydroxylation sites is 1. The average Bonchev–Trinajstić information content (AvgIpc) is 2.52. The Morgan fingerprint density at radius 3 is 2.82 bits per heavy atom. The number of hydrogen-bond donors (Lipinski definition) is 3. The van der Waals surface area contributed by atoms with Gasteiger partial charge in [-0.2, -0.15) is 0 Å². The van der Waals surface area contributed by atoms with Gasteiger partial charge in [-0.3, -0.25) is 4.79 Å². The minimum absolute atomic E-state index is 0.0681. The van der Waals surface area contributed by atoms with Crippen molar-refractivity contribution in [3.63, 3.8) is 0 Å². The molecule has 2 rings (SSSR count). The molecule has 118 valence electrons. The van der Waals surface area contributed by atoms with Crippen LogP contribution in [0.15, 0.2) is 35.1 Å². The number of nitrogens with one attached hydrogen (secondary N) is 2. The van der Waals surface area contributed by atoms with E-state index in [2.05, 4.69) is 10.3 Å². The molecule has 1 aromatic carbocycles. The van der Waals surface area contributed by atoms with E-state index in [1.54, 1.807) is 4.90 Å². The lowest BCUT2D eigenvalue weighted by Gasteiger charge is -2.21. The molecule has 0 saturated carbocycles. The fourth-order valence-electron chi connectivity index (χ4n) is 2.41. The number of rotatable bonds is 6. The van der Waals surface area contributed by atoms with Crippen molar-refractivity contribution in [2.45, 2.75) is 19.9 Å². The molecule has 6 nitrogen and oxygen atoms in total. The molecule has 0 aliphatic rings. The second-order valence-electron chi connectivity index (χ2n) is 5.07. The van der Waals surface area contributed by atoms with Gasteiger partial charge in [-0.05, 0) is 18.1 Å². The molecular formula is C16H21N3O3. The predicted molar refractivity (Wildman–Crippen MR) is 85.8 cm³/mol. The number of pyridine rings is 1. The maximum atomic E-state index is 12.1. The van der Waals surface area contributed by atoms with Crippen LogP contribution in [0.2, 0.25) is 0 Å². The number of urea groups is 1. The topological polar surface area (TPSA) is 85.4 Å². The van der Waals surface area contributed by atoms with E-state index in [4.69, 9.17) is 5.11 Å². The van der Waals surface area contributed by atoms with E-state index in [1.807, 2.05) is 31.2 Å². The van der Waals surface area contributed by atoms with Crippen LogP contribution in [0.25, 0.3) is 10.9 Å². The van der Waals surface area contributed by atoms with Gasteiger partial charge in [-0.1, -0.05) is 25.1 Å². The minimum atomic E-state index is -0.236. The van der Waals surface area contributed by atoms with Crippen LogP contribution in [0.1, 0.15) is 18.9 Å². The van der Waals surface area contributed by atoms with Crippen molar-refractivity contribution in [2.24, 2.45) is 0 Å². The molecule has 6 heteroatoms. The molecule has 1 aromatic heterocycles. The lowest BCUT2D eigenvalue weighted by atomic mass is 10.1. The lowest BCUT2D eigenvalue weighted by molar-refractivity contribution is 0.177. The number of fused-ring (bicyclic) bond motifs is 1. The van der Waals surface area contributed by atoms with E-state index in [9.17, 15) is 9.59 Å². The minimum Gasteiger partial charge on any atom is -0.395 e. The van der Waals surface area contributed by atoms with Crippen LogP contribution in [0.5, 0.6) is 0 Å². The van der Waals surface area contributed by atoms with Crippen LogP contribution in [-0.2, 0) is 6.54 Å². The van der Waals surface area contributed by atoms with E-state index in [1.165, 1.54) is 6.07 Å². The summed E-state index contributed by atoms with van der Waals surface area (Å²) >= 11 is 0. The molecule has 0 unspecified atom stereocenters. The zero-order chi connectivity index (χ0) is 15.9. The Labute approximate surface area is 128 Å². The third-order valence-electron chi connectivity index (χ3n) is 3.42. The van der Waals surface area contributed by atoms with Crippen LogP contribution < -0.4 is 10.9 Å². The zero-order valence-corrected chi connectivity index (χ0v) is 12.6.